The minimum atomic E-state index is -0.605. The molecule has 2 atom stereocenters. The normalized spacial score (nSPS) is 18.6. The third-order valence-corrected chi connectivity index (χ3v) is 4.11. The van der Waals surface area contributed by atoms with E-state index in [9.17, 15) is 9.90 Å². The number of nitrogens with zero attached hydrogens (tertiary/aromatic N) is 1. The monoisotopic (exact) mass is 334 g/mol. The molecule has 0 heterocycles. The first kappa shape index (κ1) is 16.7. The Labute approximate surface area is 146 Å². The minimum Gasteiger partial charge on any atom is -0.479 e. The van der Waals surface area contributed by atoms with Crippen LogP contribution in [0.5, 0.6) is 5.75 Å². The van der Waals surface area contributed by atoms with Gasteiger partial charge in [-0.1, -0.05) is 36.4 Å². The molecule has 0 saturated heterocycles. The Balaban J connectivity index is 1.61. The summed E-state index contributed by atoms with van der Waals surface area (Å²) in [6, 6.07) is 16.3. The molecule has 0 saturated carbocycles. The average molecular weight is 334 g/mol. The molecule has 1 amide bonds. The molecular weight excluding hydrogens is 316 g/mol. The Hall–Kier alpha value is -3.10. The van der Waals surface area contributed by atoms with Gasteiger partial charge in [-0.15, -0.1) is 0 Å². The molecular formula is C20H18N2O3. The second-order valence-electron chi connectivity index (χ2n) is 5.81. The lowest BCUT2D eigenvalue weighted by Gasteiger charge is -2.16. The van der Waals surface area contributed by atoms with Crippen LogP contribution in [-0.2, 0) is 11.2 Å². The second-order valence-corrected chi connectivity index (χ2v) is 5.81. The van der Waals surface area contributed by atoms with Crippen molar-refractivity contribution in [2.75, 3.05) is 6.61 Å². The van der Waals surface area contributed by atoms with Gasteiger partial charge in [0.1, 0.15) is 11.8 Å². The molecule has 0 fully saturated rings. The average Bonchev–Trinajstić information content (AvgIpc) is 2.94. The van der Waals surface area contributed by atoms with Crippen molar-refractivity contribution in [3.63, 3.8) is 0 Å². The van der Waals surface area contributed by atoms with Gasteiger partial charge < -0.3 is 15.2 Å². The number of fused-ring (bicyclic) bond motifs is 1. The van der Waals surface area contributed by atoms with Gasteiger partial charge in [-0.2, -0.15) is 5.26 Å². The number of carbonyl (C=O) groups is 1. The number of nitrogens with one attached hydrogen (secondary N) is 1. The van der Waals surface area contributed by atoms with Gasteiger partial charge >= 0.3 is 0 Å². The number of aliphatic hydroxyl groups is 1. The first-order chi connectivity index (χ1) is 12.2. The van der Waals surface area contributed by atoms with Crippen LogP contribution in [-0.4, -0.2) is 23.7 Å². The first-order valence-electron chi connectivity index (χ1n) is 8.01. The van der Waals surface area contributed by atoms with Crippen molar-refractivity contribution in [2.45, 2.75) is 18.6 Å². The molecule has 3 rings (SSSR count). The summed E-state index contributed by atoms with van der Waals surface area (Å²) in [6.07, 6.45) is 3.08. The van der Waals surface area contributed by atoms with Crippen LogP contribution in [0.3, 0.4) is 0 Å². The van der Waals surface area contributed by atoms with Crippen LogP contribution >= 0.6 is 0 Å². The molecule has 0 aliphatic heterocycles. The minimum absolute atomic E-state index is 0.00276. The van der Waals surface area contributed by atoms with Crippen LogP contribution in [0.25, 0.3) is 6.08 Å². The van der Waals surface area contributed by atoms with Crippen LogP contribution in [0.1, 0.15) is 22.7 Å². The Morgan fingerprint density at radius 3 is 2.80 bits per heavy atom. The summed E-state index contributed by atoms with van der Waals surface area (Å²) in [4.78, 5) is 12.2. The van der Waals surface area contributed by atoms with Crippen LogP contribution in [0.4, 0.5) is 0 Å². The summed E-state index contributed by atoms with van der Waals surface area (Å²) in [5.74, 6) is 0.347. The molecule has 0 aromatic heterocycles. The van der Waals surface area contributed by atoms with Gasteiger partial charge in [0.25, 0.3) is 0 Å². The zero-order valence-electron chi connectivity index (χ0n) is 13.6. The van der Waals surface area contributed by atoms with Crippen molar-refractivity contribution in [1.29, 1.82) is 5.26 Å². The lowest BCUT2D eigenvalue weighted by atomic mass is 10.1. The molecule has 0 bridgehead atoms. The fourth-order valence-corrected chi connectivity index (χ4v) is 2.91. The first-order valence-corrected chi connectivity index (χ1v) is 8.01. The highest BCUT2D eigenvalue weighted by Crippen LogP contribution is 2.31. The number of amides is 1. The molecule has 2 aromatic carbocycles. The van der Waals surface area contributed by atoms with E-state index in [1.54, 1.807) is 30.3 Å². The summed E-state index contributed by atoms with van der Waals surface area (Å²) in [5, 5.41) is 21.5. The van der Waals surface area contributed by atoms with Crippen LogP contribution in [0.2, 0.25) is 0 Å². The summed E-state index contributed by atoms with van der Waals surface area (Å²) in [5.41, 5.74) is 2.87. The van der Waals surface area contributed by atoms with E-state index < -0.39 is 6.10 Å². The summed E-state index contributed by atoms with van der Waals surface area (Å²) < 4.78 is 5.18. The van der Waals surface area contributed by atoms with Crippen molar-refractivity contribution in [1.82, 2.24) is 5.32 Å². The highest BCUT2D eigenvalue weighted by Gasteiger charge is 2.31. The topological polar surface area (TPSA) is 82.3 Å². The van der Waals surface area contributed by atoms with E-state index in [4.69, 9.17) is 10.00 Å². The van der Waals surface area contributed by atoms with E-state index in [1.807, 2.05) is 30.3 Å². The van der Waals surface area contributed by atoms with Gasteiger partial charge in [-0.05, 0) is 34.9 Å². The highest BCUT2D eigenvalue weighted by atomic mass is 16.5. The summed E-state index contributed by atoms with van der Waals surface area (Å²) >= 11 is 0. The molecule has 25 heavy (non-hydrogen) atoms. The Kier molecular flexibility index (Phi) is 5.12. The Morgan fingerprint density at radius 2 is 2.04 bits per heavy atom. The molecule has 5 nitrogen and oxygen atoms in total. The molecule has 0 radical (unpaired) electrons. The van der Waals surface area contributed by atoms with Crippen LogP contribution in [0, 0.1) is 11.3 Å². The number of ether oxygens (including phenoxy) is 1. The summed E-state index contributed by atoms with van der Waals surface area (Å²) in [6.45, 7) is 0.00276. The third-order valence-electron chi connectivity index (χ3n) is 4.11. The maximum atomic E-state index is 12.2. The van der Waals surface area contributed by atoms with Crippen molar-refractivity contribution in [2.24, 2.45) is 0 Å². The van der Waals surface area contributed by atoms with Gasteiger partial charge in [0, 0.05) is 12.5 Å². The quantitative estimate of drug-likeness (QED) is 0.823. The van der Waals surface area contributed by atoms with Crippen molar-refractivity contribution < 1.29 is 14.6 Å². The lowest BCUT2D eigenvalue weighted by molar-refractivity contribution is -0.117. The fourth-order valence-electron chi connectivity index (χ4n) is 2.91. The zero-order chi connectivity index (χ0) is 17.6. The van der Waals surface area contributed by atoms with Crippen molar-refractivity contribution >= 4 is 12.0 Å². The van der Waals surface area contributed by atoms with E-state index in [0.717, 1.165) is 16.7 Å². The molecule has 2 N–H and O–H groups in total. The fraction of sp³-hybridized carbons (Fsp3) is 0.200. The number of benzene rings is 2. The number of hydrogen-bond acceptors (Lipinski definition) is 4. The maximum Gasteiger partial charge on any atom is 0.244 e. The van der Waals surface area contributed by atoms with Gasteiger partial charge in [-0.25, -0.2) is 0 Å². The number of rotatable bonds is 5. The zero-order valence-corrected chi connectivity index (χ0v) is 13.6. The van der Waals surface area contributed by atoms with Gasteiger partial charge in [0.2, 0.25) is 5.91 Å². The molecule has 5 heteroatoms. The van der Waals surface area contributed by atoms with Crippen LogP contribution in [0.15, 0.2) is 54.6 Å². The molecule has 0 unspecified atom stereocenters. The lowest BCUT2D eigenvalue weighted by Crippen LogP contribution is -2.32. The van der Waals surface area contributed by atoms with E-state index in [1.165, 1.54) is 6.08 Å². The molecule has 1 aliphatic rings. The molecule has 0 spiro atoms. The smallest absolute Gasteiger partial charge is 0.244 e. The third kappa shape index (κ3) is 4.06. The second kappa shape index (κ2) is 7.65. The predicted octanol–water partition coefficient (Wildman–Crippen LogP) is 2.38. The number of aliphatic hydroxyl groups excluding tert-OH is 1. The van der Waals surface area contributed by atoms with Crippen LogP contribution < -0.4 is 10.1 Å². The highest BCUT2D eigenvalue weighted by molar-refractivity contribution is 5.92. The van der Waals surface area contributed by atoms with E-state index in [-0.39, 0.29) is 18.6 Å². The molecule has 1 aliphatic carbocycles. The molecule has 126 valence electrons. The van der Waals surface area contributed by atoms with Gasteiger partial charge in [-0.3, -0.25) is 4.79 Å². The van der Waals surface area contributed by atoms with Gasteiger partial charge in [0.05, 0.1) is 12.1 Å². The van der Waals surface area contributed by atoms with Crippen molar-refractivity contribution in [3.8, 4) is 11.8 Å². The standard InChI is InChI=1S/C20H18N2O3/c21-11-12-25-16-8-5-14(6-9-16)7-10-19(24)22-20-17-4-2-1-3-15(17)13-18(20)23/h1-10,18,20,23H,12-13H2,(H,22,24)/b10-7+/t18-,20+/m0/s1. The Bertz CT molecular complexity index is 822. The predicted molar refractivity (Wildman–Crippen MR) is 93.6 cm³/mol. The van der Waals surface area contributed by atoms with E-state index in [2.05, 4.69) is 5.32 Å². The maximum absolute atomic E-state index is 12.2. The van der Waals surface area contributed by atoms with Crippen molar-refractivity contribution in [3.05, 3.63) is 71.3 Å². The van der Waals surface area contributed by atoms with E-state index >= 15 is 0 Å². The van der Waals surface area contributed by atoms with Gasteiger partial charge in [0.15, 0.2) is 6.61 Å². The van der Waals surface area contributed by atoms with E-state index in [0.29, 0.717) is 12.2 Å². The SMILES string of the molecule is N#CCOc1ccc(/C=C/C(=O)N[C@@H]2c3ccccc3C[C@@H]2O)cc1. The summed E-state index contributed by atoms with van der Waals surface area (Å²) in [7, 11) is 0. The largest absolute Gasteiger partial charge is 0.479 e. The Morgan fingerprint density at radius 1 is 1.28 bits per heavy atom. The number of hydrogen-bond donors (Lipinski definition) is 2. The number of nitriles is 1. The molecule has 2 aromatic rings. The number of carbonyl (C=O) groups excluding carboxylic acids is 1.